The van der Waals surface area contributed by atoms with Crippen molar-refractivity contribution < 1.29 is 22.7 Å². The lowest BCUT2D eigenvalue weighted by Crippen LogP contribution is -2.13. The first-order valence-electron chi connectivity index (χ1n) is 4.71. The number of methoxy groups -OCH3 is 1. The Morgan fingerprint density at radius 1 is 1.41 bits per heavy atom. The van der Waals surface area contributed by atoms with E-state index < -0.39 is 22.9 Å². The number of halogens is 4. The third-order valence-corrected chi connectivity index (χ3v) is 2.35. The zero-order chi connectivity index (χ0) is 13.2. The van der Waals surface area contributed by atoms with Crippen LogP contribution in [0.1, 0.15) is 22.8 Å². The van der Waals surface area contributed by atoms with E-state index in [4.69, 9.17) is 11.6 Å². The third kappa shape index (κ3) is 3.12. The van der Waals surface area contributed by atoms with E-state index in [0.717, 1.165) is 25.3 Å². The molecule has 0 aliphatic heterocycles. The summed E-state index contributed by atoms with van der Waals surface area (Å²) in [6, 6.07) is 2.95. The van der Waals surface area contributed by atoms with Crippen molar-refractivity contribution >= 4 is 17.4 Å². The average molecular weight is 267 g/mol. The molecule has 1 rings (SSSR count). The van der Waals surface area contributed by atoms with E-state index in [1.54, 1.807) is 0 Å². The van der Waals surface area contributed by atoms with Gasteiger partial charge in [-0.05, 0) is 19.1 Å². The largest absolute Gasteiger partial charge is 0.496 e. The number of carbonyl (C=O) groups is 1. The summed E-state index contributed by atoms with van der Waals surface area (Å²) in [5.41, 5.74) is -0.823. The molecule has 94 valence electrons. The van der Waals surface area contributed by atoms with Gasteiger partial charge in [-0.15, -0.1) is 11.6 Å². The monoisotopic (exact) mass is 266 g/mol. The van der Waals surface area contributed by atoms with Crippen LogP contribution in [0, 0.1) is 0 Å². The van der Waals surface area contributed by atoms with Crippen LogP contribution >= 0.6 is 11.6 Å². The number of Topliss-reactive ketones (excluding diaryl/α,β-unsaturated/α-hetero) is 1. The van der Waals surface area contributed by atoms with Gasteiger partial charge in [-0.25, -0.2) is 0 Å². The highest BCUT2D eigenvalue weighted by molar-refractivity contribution is 6.33. The molecule has 0 heterocycles. The summed E-state index contributed by atoms with van der Waals surface area (Å²) < 4.78 is 42.2. The Labute approximate surface area is 101 Å². The van der Waals surface area contributed by atoms with Crippen LogP contribution < -0.4 is 4.74 Å². The third-order valence-electron chi connectivity index (χ3n) is 2.15. The standard InChI is InChI=1S/C11H10ClF3O2/c1-6(12)10(16)7-3-4-8(11(13,14)15)9(5-7)17-2/h3-6H,1-2H3. The van der Waals surface area contributed by atoms with Crippen molar-refractivity contribution in [1.29, 1.82) is 0 Å². The Morgan fingerprint density at radius 2 is 2.00 bits per heavy atom. The van der Waals surface area contributed by atoms with Gasteiger partial charge in [0.15, 0.2) is 5.78 Å². The highest BCUT2D eigenvalue weighted by Gasteiger charge is 2.34. The summed E-state index contributed by atoms with van der Waals surface area (Å²) in [7, 11) is 1.11. The van der Waals surface area contributed by atoms with Crippen LogP contribution in [0.3, 0.4) is 0 Å². The normalized spacial score (nSPS) is 13.3. The van der Waals surface area contributed by atoms with Crippen molar-refractivity contribution in [3.05, 3.63) is 29.3 Å². The first-order valence-corrected chi connectivity index (χ1v) is 5.14. The highest BCUT2D eigenvalue weighted by atomic mass is 35.5. The van der Waals surface area contributed by atoms with Gasteiger partial charge in [-0.3, -0.25) is 4.79 Å². The van der Waals surface area contributed by atoms with Crippen molar-refractivity contribution in [2.45, 2.75) is 18.5 Å². The first-order chi connectivity index (χ1) is 7.77. The Morgan fingerprint density at radius 3 is 2.41 bits per heavy atom. The molecule has 0 bridgehead atoms. The maximum atomic E-state index is 12.5. The number of carbonyl (C=O) groups excluding carboxylic acids is 1. The van der Waals surface area contributed by atoms with Crippen LogP contribution in [0.2, 0.25) is 0 Å². The topological polar surface area (TPSA) is 26.3 Å². The molecule has 1 atom stereocenters. The van der Waals surface area contributed by atoms with E-state index in [1.165, 1.54) is 6.92 Å². The molecule has 0 aliphatic rings. The van der Waals surface area contributed by atoms with Crippen LogP contribution in [0.25, 0.3) is 0 Å². The van der Waals surface area contributed by atoms with E-state index in [1.807, 2.05) is 0 Å². The van der Waals surface area contributed by atoms with Gasteiger partial charge in [0.2, 0.25) is 0 Å². The van der Waals surface area contributed by atoms with Gasteiger partial charge in [-0.1, -0.05) is 6.07 Å². The Hall–Kier alpha value is -1.23. The number of alkyl halides is 4. The quantitative estimate of drug-likeness (QED) is 0.618. The second-order valence-corrected chi connectivity index (χ2v) is 4.05. The average Bonchev–Trinajstić information content (AvgIpc) is 2.25. The predicted molar refractivity (Wildman–Crippen MR) is 57.6 cm³/mol. The summed E-state index contributed by atoms with van der Waals surface area (Å²) in [4.78, 5) is 11.5. The first kappa shape index (κ1) is 13.8. The minimum absolute atomic E-state index is 0.0948. The van der Waals surface area contributed by atoms with Gasteiger partial charge < -0.3 is 4.74 Å². The molecular formula is C11H10ClF3O2. The molecule has 0 saturated heterocycles. The second-order valence-electron chi connectivity index (χ2n) is 3.39. The maximum Gasteiger partial charge on any atom is 0.419 e. The fourth-order valence-electron chi connectivity index (χ4n) is 1.31. The van der Waals surface area contributed by atoms with E-state index in [0.29, 0.717) is 0 Å². The second kappa shape index (κ2) is 4.96. The van der Waals surface area contributed by atoms with Gasteiger partial charge in [0.05, 0.1) is 18.1 Å². The molecule has 0 saturated carbocycles. The van der Waals surface area contributed by atoms with E-state index in [9.17, 15) is 18.0 Å². The molecule has 0 aromatic heterocycles. The van der Waals surface area contributed by atoms with Crippen LogP contribution in [-0.2, 0) is 6.18 Å². The van der Waals surface area contributed by atoms with Crippen LogP contribution in [0.15, 0.2) is 18.2 Å². The molecule has 0 N–H and O–H groups in total. The molecule has 17 heavy (non-hydrogen) atoms. The lowest BCUT2D eigenvalue weighted by Gasteiger charge is -2.13. The number of hydrogen-bond acceptors (Lipinski definition) is 2. The number of rotatable bonds is 3. The summed E-state index contributed by atoms with van der Waals surface area (Å²) in [6.45, 7) is 1.45. The maximum absolute atomic E-state index is 12.5. The van der Waals surface area contributed by atoms with Crippen LogP contribution in [0.4, 0.5) is 13.2 Å². The smallest absolute Gasteiger partial charge is 0.419 e. The van der Waals surface area contributed by atoms with E-state index >= 15 is 0 Å². The predicted octanol–water partition coefficient (Wildman–Crippen LogP) is 3.52. The van der Waals surface area contributed by atoms with Crippen molar-refractivity contribution in [2.75, 3.05) is 7.11 Å². The zero-order valence-electron chi connectivity index (χ0n) is 9.14. The zero-order valence-corrected chi connectivity index (χ0v) is 9.89. The SMILES string of the molecule is COc1cc(C(=O)C(C)Cl)ccc1C(F)(F)F. The minimum atomic E-state index is -4.51. The summed E-state index contributed by atoms with van der Waals surface area (Å²) in [6.07, 6.45) is -4.51. The van der Waals surface area contributed by atoms with Gasteiger partial charge in [0, 0.05) is 5.56 Å². The Bertz CT molecular complexity index is 427. The fourth-order valence-corrected chi connectivity index (χ4v) is 1.43. The lowest BCUT2D eigenvalue weighted by molar-refractivity contribution is -0.138. The molecule has 1 aromatic rings. The van der Waals surface area contributed by atoms with Crippen molar-refractivity contribution in [2.24, 2.45) is 0 Å². The van der Waals surface area contributed by atoms with E-state index in [2.05, 4.69) is 4.74 Å². The molecular weight excluding hydrogens is 257 g/mol. The molecule has 2 nitrogen and oxygen atoms in total. The summed E-state index contributed by atoms with van der Waals surface area (Å²) >= 11 is 5.58. The Balaban J connectivity index is 3.23. The van der Waals surface area contributed by atoms with Gasteiger partial charge in [-0.2, -0.15) is 13.2 Å². The summed E-state index contributed by atoms with van der Waals surface area (Å²) in [5, 5.41) is -0.795. The minimum Gasteiger partial charge on any atom is -0.496 e. The Kier molecular flexibility index (Phi) is 4.03. The van der Waals surface area contributed by atoms with Gasteiger partial charge in [0.1, 0.15) is 5.75 Å². The molecule has 0 fully saturated rings. The molecule has 0 aliphatic carbocycles. The number of ether oxygens (including phenoxy) is 1. The number of benzene rings is 1. The molecule has 1 unspecified atom stereocenters. The lowest BCUT2D eigenvalue weighted by atomic mass is 10.0. The van der Waals surface area contributed by atoms with Crippen LogP contribution in [0.5, 0.6) is 5.75 Å². The number of hydrogen-bond donors (Lipinski definition) is 0. The van der Waals surface area contributed by atoms with Gasteiger partial charge >= 0.3 is 6.18 Å². The number of ketones is 1. The van der Waals surface area contributed by atoms with E-state index in [-0.39, 0.29) is 11.3 Å². The molecule has 0 spiro atoms. The highest BCUT2D eigenvalue weighted by Crippen LogP contribution is 2.36. The van der Waals surface area contributed by atoms with Gasteiger partial charge in [0.25, 0.3) is 0 Å². The van der Waals surface area contributed by atoms with Crippen molar-refractivity contribution in [3.8, 4) is 5.75 Å². The molecule has 1 aromatic carbocycles. The molecule has 0 radical (unpaired) electrons. The van der Waals surface area contributed by atoms with Crippen LogP contribution in [-0.4, -0.2) is 18.3 Å². The van der Waals surface area contributed by atoms with Crippen molar-refractivity contribution in [1.82, 2.24) is 0 Å². The summed E-state index contributed by atoms with van der Waals surface area (Å²) in [5.74, 6) is -0.834. The molecule has 6 heteroatoms. The van der Waals surface area contributed by atoms with Crippen molar-refractivity contribution in [3.63, 3.8) is 0 Å². The molecule has 0 amide bonds. The fraction of sp³-hybridized carbons (Fsp3) is 0.364.